The second-order valence-corrected chi connectivity index (χ2v) is 5.86. The van der Waals surface area contributed by atoms with Crippen LogP contribution in [0.5, 0.6) is 0 Å². The lowest BCUT2D eigenvalue weighted by Gasteiger charge is -2.45. The van der Waals surface area contributed by atoms with E-state index in [-0.39, 0.29) is 0 Å². The van der Waals surface area contributed by atoms with Gasteiger partial charge in [0.25, 0.3) is 0 Å². The Labute approximate surface area is 87.1 Å². The molecule has 0 heterocycles. The van der Waals surface area contributed by atoms with Gasteiger partial charge in [0, 0.05) is 0 Å². The summed E-state index contributed by atoms with van der Waals surface area (Å²) in [7, 11) is 0. The van der Waals surface area contributed by atoms with Crippen molar-refractivity contribution in [1.29, 1.82) is 0 Å². The Hall–Kier alpha value is -0.520. The normalized spacial score (nSPS) is 54.7. The lowest BCUT2D eigenvalue weighted by molar-refractivity contribution is 0.0803. The van der Waals surface area contributed by atoms with Gasteiger partial charge in [-0.1, -0.05) is 38.2 Å². The predicted molar refractivity (Wildman–Crippen MR) is 59.9 cm³/mol. The van der Waals surface area contributed by atoms with Crippen LogP contribution < -0.4 is 0 Å². The summed E-state index contributed by atoms with van der Waals surface area (Å²) < 4.78 is 0. The molecule has 5 unspecified atom stereocenters. The SMILES string of the molecule is CC1C2CCC1(C)CC1C=CC=CC12. The van der Waals surface area contributed by atoms with E-state index in [1.54, 1.807) is 0 Å². The molecule has 3 aliphatic carbocycles. The molecule has 2 saturated carbocycles. The Kier molecular flexibility index (Phi) is 1.72. The molecule has 2 fully saturated rings. The first-order valence-corrected chi connectivity index (χ1v) is 6.06. The monoisotopic (exact) mass is 188 g/mol. The van der Waals surface area contributed by atoms with Crippen molar-refractivity contribution in [3.05, 3.63) is 24.3 Å². The van der Waals surface area contributed by atoms with E-state index in [0.717, 1.165) is 23.7 Å². The van der Waals surface area contributed by atoms with Crippen molar-refractivity contribution >= 4 is 0 Å². The summed E-state index contributed by atoms with van der Waals surface area (Å²) in [5.74, 6) is 3.64. The fraction of sp³-hybridized carbons (Fsp3) is 0.714. The van der Waals surface area contributed by atoms with E-state index in [1.165, 1.54) is 19.3 Å². The predicted octanol–water partition coefficient (Wildman–Crippen LogP) is 3.80. The van der Waals surface area contributed by atoms with E-state index in [2.05, 4.69) is 38.2 Å². The Morgan fingerprint density at radius 1 is 1.21 bits per heavy atom. The zero-order valence-corrected chi connectivity index (χ0v) is 9.24. The van der Waals surface area contributed by atoms with Crippen molar-refractivity contribution in [3.63, 3.8) is 0 Å². The summed E-state index contributed by atoms with van der Waals surface area (Å²) in [4.78, 5) is 0. The van der Waals surface area contributed by atoms with Gasteiger partial charge in [0.15, 0.2) is 0 Å². The minimum atomic E-state index is 0.654. The Bertz CT molecular complexity index is 299. The molecule has 0 aromatic heterocycles. The van der Waals surface area contributed by atoms with Crippen LogP contribution >= 0.6 is 0 Å². The zero-order valence-electron chi connectivity index (χ0n) is 9.24. The topological polar surface area (TPSA) is 0 Å². The summed E-state index contributed by atoms with van der Waals surface area (Å²) in [6.07, 6.45) is 13.8. The van der Waals surface area contributed by atoms with Crippen LogP contribution in [0.4, 0.5) is 0 Å². The average Bonchev–Trinajstić information content (AvgIpc) is 2.40. The van der Waals surface area contributed by atoms with Crippen molar-refractivity contribution < 1.29 is 0 Å². The lowest BCUT2D eigenvalue weighted by atomic mass is 9.60. The molecule has 3 aliphatic rings. The molecular weight excluding hydrogens is 168 g/mol. The smallest absolute Gasteiger partial charge is 0.0136 e. The van der Waals surface area contributed by atoms with Gasteiger partial charge in [0.05, 0.1) is 0 Å². The highest BCUT2D eigenvalue weighted by Gasteiger charge is 2.51. The molecule has 0 spiro atoms. The van der Waals surface area contributed by atoms with Crippen LogP contribution in [0.3, 0.4) is 0 Å². The zero-order chi connectivity index (χ0) is 9.76. The molecule has 3 rings (SSSR count). The first-order valence-electron chi connectivity index (χ1n) is 6.06. The van der Waals surface area contributed by atoms with Crippen LogP contribution in [0.2, 0.25) is 0 Å². The quantitative estimate of drug-likeness (QED) is 0.542. The number of hydrogen-bond donors (Lipinski definition) is 0. The highest BCUT2D eigenvalue weighted by Crippen LogP contribution is 2.60. The third kappa shape index (κ3) is 1.00. The van der Waals surface area contributed by atoms with Crippen molar-refractivity contribution in [3.8, 4) is 0 Å². The second-order valence-electron chi connectivity index (χ2n) is 5.86. The first kappa shape index (κ1) is 8.76. The number of allylic oxidation sites excluding steroid dienone is 4. The van der Waals surface area contributed by atoms with E-state index >= 15 is 0 Å². The van der Waals surface area contributed by atoms with Crippen LogP contribution in [0, 0.1) is 29.1 Å². The third-order valence-electron chi connectivity index (χ3n) is 5.28. The minimum absolute atomic E-state index is 0.654. The van der Waals surface area contributed by atoms with E-state index in [4.69, 9.17) is 0 Å². The molecule has 0 amide bonds. The van der Waals surface area contributed by atoms with Gasteiger partial charge in [-0.2, -0.15) is 0 Å². The Morgan fingerprint density at radius 2 is 2.00 bits per heavy atom. The van der Waals surface area contributed by atoms with Gasteiger partial charge in [0.2, 0.25) is 0 Å². The molecule has 0 radical (unpaired) electrons. The number of rotatable bonds is 0. The van der Waals surface area contributed by atoms with Crippen molar-refractivity contribution in [2.24, 2.45) is 29.1 Å². The lowest BCUT2D eigenvalue weighted by Crippen LogP contribution is -2.37. The molecular formula is C14H20. The molecule has 2 bridgehead atoms. The molecule has 14 heavy (non-hydrogen) atoms. The molecule has 0 saturated heterocycles. The maximum Gasteiger partial charge on any atom is -0.0136 e. The van der Waals surface area contributed by atoms with Gasteiger partial charge in [-0.05, 0) is 48.3 Å². The maximum atomic E-state index is 2.51. The molecule has 0 aliphatic heterocycles. The average molecular weight is 188 g/mol. The summed E-state index contributed by atoms with van der Waals surface area (Å²) in [6.45, 7) is 5.00. The van der Waals surface area contributed by atoms with Gasteiger partial charge in [-0.3, -0.25) is 0 Å². The second kappa shape index (κ2) is 2.74. The van der Waals surface area contributed by atoms with E-state index in [1.807, 2.05) is 0 Å². The van der Waals surface area contributed by atoms with Crippen LogP contribution in [-0.4, -0.2) is 0 Å². The van der Waals surface area contributed by atoms with Gasteiger partial charge in [-0.15, -0.1) is 0 Å². The number of hydrogen-bond acceptors (Lipinski definition) is 0. The summed E-state index contributed by atoms with van der Waals surface area (Å²) in [5, 5.41) is 0. The highest BCUT2D eigenvalue weighted by molar-refractivity contribution is 5.20. The Morgan fingerprint density at radius 3 is 2.86 bits per heavy atom. The molecule has 0 heteroatoms. The van der Waals surface area contributed by atoms with Crippen molar-refractivity contribution in [2.45, 2.75) is 33.1 Å². The van der Waals surface area contributed by atoms with E-state index in [0.29, 0.717) is 5.41 Å². The maximum absolute atomic E-state index is 2.51. The molecule has 0 N–H and O–H groups in total. The molecule has 0 aromatic carbocycles. The number of fused-ring (bicyclic) bond motifs is 4. The van der Waals surface area contributed by atoms with Gasteiger partial charge < -0.3 is 0 Å². The molecule has 5 atom stereocenters. The van der Waals surface area contributed by atoms with E-state index < -0.39 is 0 Å². The van der Waals surface area contributed by atoms with Crippen LogP contribution in [0.1, 0.15) is 33.1 Å². The minimum Gasteiger partial charge on any atom is -0.0808 e. The largest absolute Gasteiger partial charge is 0.0808 e. The van der Waals surface area contributed by atoms with Gasteiger partial charge in [-0.25, -0.2) is 0 Å². The van der Waals surface area contributed by atoms with Crippen LogP contribution in [-0.2, 0) is 0 Å². The standard InChI is InChI=1S/C14H20/c1-10-12-7-8-14(10,2)9-11-5-3-4-6-13(11)12/h3-6,10-13H,7-9H2,1-2H3. The van der Waals surface area contributed by atoms with Crippen molar-refractivity contribution in [2.75, 3.05) is 0 Å². The molecule has 76 valence electrons. The summed E-state index contributed by atoms with van der Waals surface area (Å²) in [5.41, 5.74) is 0.654. The van der Waals surface area contributed by atoms with Crippen molar-refractivity contribution in [1.82, 2.24) is 0 Å². The van der Waals surface area contributed by atoms with Crippen LogP contribution in [0.15, 0.2) is 24.3 Å². The third-order valence-corrected chi connectivity index (χ3v) is 5.28. The highest BCUT2D eigenvalue weighted by atomic mass is 14.6. The van der Waals surface area contributed by atoms with Gasteiger partial charge in [0.1, 0.15) is 0 Å². The fourth-order valence-corrected chi connectivity index (χ4v) is 4.18. The van der Waals surface area contributed by atoms with Crippen LogP contribution in [0.25, 0.3) is 0 Å². The van der Waals surface area contributed by atoms with E-state index in [9.17, 15) is 0 Å². The van der Waals surface area contributed by atoms with Gasteiger partial charge >= 0.3 is 0 Å². The summed E-state index contributed by atoms with van der Waals surface area (Å²) in [6, 6.07) is 0. The first-order chi connectivity index (χ1) is 6.71. The molecule has 0 aromatic rings. The Balaban J connectivity index is 1.97. The summed E-state index contributed by atoms with van der Waals surface area (Å²) >= 11 is 0. The fourth-order valence-electron chi connectivity index (χ4n) is 4.18. The molecule has 0 nitrogen and oxygen atoms in total.